The maximum atomic E-state index is 5.66. The van der Waals surface area contributed by atoms with Crippen LogP contribution in [-0.4, -0.2) is 16.6 Å². The number of nitrogens with zero attached hydrogens (tertiary/aromatic N) is 2. The van der Waals surface area contributed by atoms with Crippen molar-refractivity contribution in [1.82, 2.24) is 9.97 Å². The molecule has 0 aliphatic rings. The first-order valence-electron chi connectivity index (χ1n) is 10.4. The third kappa shape index (κ3) is 8.73. The molecular formula is C24H32N2O. The van der Waals surface area contributed by atoms with E-state index >= 15 is 0 Å². The quantitative estimate of drug-likeness (QED) is 0.364. The molecule has 0 amide bonds. The minimum atomic E-state index is 0.574. The first-order valence-corrected chi connectivity index (χ1v) is 10.4. The van der Waals surface area contributed by atoms with Crippen LogP contribution in [0.4, 0.5) is 0 Å². The highest BCUT2D eigenvalue weighted by Crippen LogP contribution is 2.12. The van der Waals surface area contributed by atoms with Crippen molar-refractivity contribution in [2.75, 3.05) is 6.61 Å². The molecule has 0 atom stereocenters. The normalized spacial score (nSPS) is 10.3. The Morgan fingerprint density at radius 1 is 0.778 bits per heavy atom. The van der Waals surface area contributed by atoms with Crippen molar-refractivity contribution in [2.45, 2.75) is 71.6 Å². The Morgan fingerprint density at radius 3 is 2.15 bits per heavy atom. The van der Waals surface area contributed by atoms with Crippen LogP contribution in [0.15, 0.2) is 36.7 Å². The summed E-state index contributed by atoms with van der Waals surface area (Å²) in [5.74, 6) is 7.62. The smallest absolute Gasteiger partial charge is 0.205 e. The third-order valence-corrected chi connectivity index (χ3v) is 4.46. The highest BCUT2D eigenvalue weighted by atomic mass is 16.5. The number of ether oxygens (including phenoxy) is 1. The van der Waals surface area contributed by atoms with E-state index in [0.29, 0.717) is 5.82 Å². The van der Waals surface area contributed by atoms with Crippen LogP contribution in [0.1, 0.15) is 82.2 Å². The molecule has 0 aliphatic carbocycles. The number of rotatable bonds is 11. The molecule has 3 heteroatoms. The number of hydrogen-bond acceptors (Lipinski definition) is 3. The van der Waals surface area contributed by atoms with Crippen LogP contribution in [0, 0.1) is 11.8 Å². The summed E-state index contributed by atoms with van der Waals surface area (Å²) in [6.45, 7) is 5.17. The summed E-state index contributed by atoms with van der Waals surface area (Å²) < 4.78 is 5.66. The van der Waals surface area contributed by atoms with E-state index in [1.54, 1.807) is 0 Å². The van der Waals surface area contributed by atoms with Gasteiger partial charge in [-0.25, -0.2) is 9.97 Å². The molecule has 0 N–H and O–H groups in total. The Balaban J connectivity index is 1.77. The standard InChI is InChI=1S/C24H32N2O/c1-3-5-7-8-9-10-11-22-19-25-24(26-20-22)17-14-21-12-15-23(16-13-21)27-18-6-4-2/h12-13,15-16,19-20H,3-11,18H2,1-2H3. The Hall–Kier alpha value is -2.34. The molecule has 2 rings (SSSR count). The molecule has 0 bridgehead atoms. The number of aromatic nitrogens is 2. The fourth-order valence-corrected chi connectivity index (χ4v) is 2.75. The van der Waals surface area contributed by atoms with Crippen molar-refractivity contribution >= 4 is 0 Å². The van der Waals surface area contributed by atoms with Crippen LogP contribution < -0.4 is 4.74 Å². The van der Waals surface area contributed by atoms with E-state index in [1.807, 2.05) is 36.7 Å². The van der Waals surface area contributed by atoms with E-state index in [2.05, 4.69) is 35.7 Å². The molecule has 0 saturated heterocycles. The summed E-state index contributed by atoms with van der Waals surface area (Å²) in [4.78, 5) is 8.76. The minimum Gasteiger partial charge on any atom is -0.494 e. The third-order valence-electron chi connectivity index (χ3n) is 4.46. The van der Waals surface area contributed by atoms with Gasteiger partial charge in [-0.1, -0.05) is 58.3 Å². The van der Waals surface area contributed by atoms with Gasteiger partial charge < -0.3 is 4.74 Å². The van der Waals surface area contributed by atoms with E-state index in [4.69, 9.17) is 4.74 Å². The van der Waals surface area contributed by atoms with Crippen LogP contribution in [-0.2, 0) is 6.42 Å². The van der Waals surface area contributed by atoms with E-state index in [0.717, 1.165) is 37.2 Å². The lowest BCUT2D eigenvalue weighted by atomic mass is 10.1. The number of unbranched alkanes of at least 4 members (excludes halogenated alkanes) is 6. The molecule has 0 fully saturated rings. The highest BCUT2D eigenvalue weighted by Gasteiger charge is 1.97. The molecule has 0 saturated carbocycles. The zero-order valence-electron chi connectivity index (χ0n) is 16.8. The van der Waals surface area contributed by atoms with Crippen molar-refractivity contribution < 1.29 is 4.74 Å². The molecular weight excluding hydrogens is 332 g/mol. The van der Waals surface area contributed by atoms with Crippen molar-refractivity contribution in [3.63, 3.8) is 0 Å². The van der Waals surface area contributed by atoms with Gasteiger partial charge in [0, 0.05) is 18.0 Å². The van der Waals surface area contributed by atoms with Crippen LogP contribution in [0.3, 0.4) is 0 Å². The van der Waals surface area contributed by atoms with E-state index in [-0.39, 0.29) is 0 Å². The molecule has 144 valence electrons. The van der Waals surface area contributed by atoms with Gasteiger partial charge >= 0.3 is 0 Å². The summed E-state index contributed by atoms with van der Waals surface area (Å²) >= 11 is 0. The SMILES string of the molecule is CCCCCCCCc1cnc(C#Cc2ccc(OCCCC)cc2)nc1. The summed E-state index contributed by atoms with van der Waals surface area (Å²) in [5.41, 5.74) is 2.14. The Kier molecular flexibility index (Phi) is 10.0. The van der Waals surface area contributed by atoms with E-state index in [9.17, 15) is 0 Å². The predicted octanol–water partition coefficient (Wildman–Crippen LogP) is 5.96. The van der Waals surface area contributed by atoms with Gasteiger partial charge in [0.15, 0.2) is 0 Å². The first-order chi connectivity index (χ1) is 13.3. The maximum Gasteiger partial charge on any atom is 0.205 e. The summed E-state index contributed by atoms with van der Waals surface area (Å²) in [6, 6.07) is 7.87. The molecule has 0 unspecified atom stereocenters. The van der Waals surface area contributed by atoms with Gasteiger partial charge in [0.05, 0.1) is 6.61 Å². The Labute approximate surface area is 164 Å². The van der Waals surface area contributed by atoms with Crippen molar-refractivity contribution in [3.05, 3.63) is 53.6 Å². The van der Waals surface area contributed by atoms with Gasteiger partial charge in [-0.3, -0.25) is 0 Å². The van der Waals surface area contributed by atoms with Crippen LogP contribution in [0.25, 0.3) is 0 Å². The molecule has 0 aliphatic heterocycles. The van der Waals surface area contributed by atoms with Crippen molar-refractivity contribution in [1.29, 1.82) is 0 Å². The largest absolute Gasteiger partial charge is 0.494 e. The van der Waals surface area contributed by atoms with Gasteiger partial charge in [-0.15, -0.1) is 0 Å². The molecule has 1 aromatic heterocycles. The number of aryl methyl sites for hydroxylation is 1. The average molecular weight is 365 g/mol. The summed E-state index contributed by atoms with van der Waals surface area (Å²) in [7, 11) is 0. The van der Waals surface area contributed by atoms with Crippen molar-refractivity contribution in [3.8, 4) is 17.6 Å². The second-order valence-corrected chi connectivity index (χ2v) is 6.91. The van der Waals surface area contributed by atoms with E-state index < -0.39 is 0 Å². The fraction of sp³-hybridized carbons (Fsp3) is 0.500. The van der Waals surface area contributed by atoms with Crippen molar-refractivity contribution in [2.24, 2.45) is 0 Å². The number of hydrogen-bond donors (Lipinski definition) is 0. The zero-order valence-corrected chi connectivity index (χ0v) is 16.8. The molecule has 27 heavy (non-hydrogen) atoms. The number of benzene rings is 1. The average Bonchev–Trinajstić information content (AvgIpc) is 2.71. The lowest BCUT2D eigenvalue weighted by Crippen LogP contribution is -1.96. The minimum absolute atomic E-state index is 0.574. The van der Waals surface area contributed by atoms with Gasteiger partial charge in [0.2, 0.25) is 5.82 Å². The van der Waals surface area contributed by atoms with Gasteiger partial charge in [-0.2, -0.15) is 0 Å². The monoisotopic (exact) mass is 364 g/mol. The zero-order chi connectivity index (χ0) is 19.2. The first kappa shape index (κ1) is 21.0. The summed E-state index contributed by atoms with van der Waals surface area (Å²) in [6.07, 6.45) is 14.9. The summed E-state index contributed by atoms with van der Waals surface area (Å²) in [5, 5.41) is 0. The molecule has 3 nitrogen and oxygen atoms in total. The van der Waals surface area contributed by atoms with Gasteiger partial charge in [-0.05, 0) is 55.0 Å². The van der Waals surface area contributed by atoms with Crippen LogP contribution in [0.2, 0.25) is 0 Å². The predicted molar refractivity (Wildman–Crippen MR) is 112 cm³/mol. The topological polar surface area (TPSA) is 35.0 Å². The second kappa shape index (κ2) is 12.9. The van der Waals surface area contributed by atoms with Gasteiger partial charge in [0.1, 0.15) is 5.75 Å². The molecule has 2 aromatic rings. The highest BCUT2D eigenvalue weighted by molar-refractivity contribution is 5.40. The maximum absolute atomic E-state index is 5.66. The molecule has 0 radical (unpaired) electrons. The molecule has 1 heterocycles. The van der Waals surface area contributed by atoms with Crippen LogP contribution >= 0.6 is 0 Å². The lowest BCUT2D eigenvalue weighted by Gasteiger charge is -2.04. The lowest BCUT2D eigenvalue weighted by molar-refractivity contribution is 0.309. The van der Waals surface area contributed by atoms with E-state index in [1.165, 1.54) is 44.1 Å². The second-order valence-electron chi connectivity index (χ2n) is 6.91. The molecule has 0 spiro atoms. The fourth-order valence-electron chi connectivity index (χ4n) is 2.75. The Bertz CT molecular complexity index is 696. The molecule has 1 aromatic carbocycles. The van der Waals surface area contributed by atoms with Gasteiger partial charge in [0.25, 0.3) is 0 Å². The Morgan fingerprint density at radius 2 is 1.44 bits per heavy atom. The van der Waals surface area contributed by atoms with Crippen LogP contribution in [0.5, 0.6) is 5.75 Å².